The molecule has 2 N–H and O–H groups in total. The van der Waals surface area contributed by atoms with Crippen LogP contribution in [0.3, 0.4) is 0 Å². The van der Waals surface area contributed by atoms with Crippen LogP contribution in [0.1, 0.15) is 25.8 Å². The molecule has 1 atom stereocenters. The Labute approximate surface area is 119 Å². The molecule has 0 aromatic heterocycles. The van der Waals surface area contributed by atoms with E-state index in [1.807, 2.05) is 44.2 Å². The van der Waals surface area contributed by atoms with Crippen LogP contribution in [0.4, 0.5) is 4.79 Å². The molecule has 1 aromatic rings. The Kier molecular flexibility index (Phi) is 6.56. The molecule has 0 unspecified atom stereocenters. The van der Waals surface area contributed by atoms with Crippen molar-refractivity contribution in [3.63, 3.8) is 0 Å². The van der Waals surface area contributed by atoms with Crippen molar-refractivity contribution in [1.82, 2.24) is 10.6 Å². The minimum atomic E-state index is -0.580. The summed E-state index contributed by atoms with van der Waals surface area (Å²) >= 11 is 0. The zero-order chi connectivity index (χ0) is 15.0. The lowest BCUT2D eigenvalue weighted by Crippen LogP contribution is -2.46. The zero-order valence-corrected chi connectivity index (χ0v) is 12.2. The Morgan fingerprint density at radius 2 is 1.85 bits per heavy atom. The van der Waals surface area contributed by atoms with Crippen LogP contribution < -0.4 is 10.6 Å². The SMILES string of the molecule is CNC(=O)[C@@H](CC(C)C)NC(=O)OCc1ccccc1. The van der Waals surface area contributed by atoms with E-state index >= 15 is 0 Å². The van der Waals surface area contributed by atoms with Crippen LogP contribution in [0.25, 0.3) is 0 Å². The molecule has 1 aromatic carbocycles. The van der Waals surface area contributed by atoms with Crippen LogP contribution in [0.2, 0.25) is 0 Å². The van der Waals surface area contributed by atoms with E-state index in [1.54, 1.807) is 7.05 Å². The maximum absolute atomic E-state index is 11.7. The van der Waals surface area contributed by atoms with Crippen molar-refractivity contribution in [1.29, 1.82) is 0 Å². The Hall–Kier alpha value is -2.04. The van der Waals surface area contributed by atoms with Gasteiger partial charge in [-0.15, -0.1) is 0 Å². The highest BCUT2D eigenvalue weighted by Crippen LogP contribution is 2.06. The molecule has 1 rings (SSSR count). The predicted octanol–water partition coefficient (Wildman–Crippen LogP) is 2.07. The second-order valence-electron chi connectivity index (χ2n) is 5.00. The van der Waals surface area contributed by atoms with Gasteiger partial charge in [-0.3, -0.25) is 4.79 Å². The molecule has 110 valence electrons. The van der Waals surface area contributed by atoms with Gasteiger partial charge in [-0.1, -0.05) is 44.2 Å². The van der Waals surface area contributed by atoms with Crippen LogP contribution in [0, 0.1) is 5.92 Å². The number of likely N-dealkylation sites (N-methyl/N-ethyl adjacent to an activating group) is 1. The van der Waals surface area contributed by atoms with Gasteiger partial charge in [0.15, 0.2) is 0 Å². The molecule has 0 spiro atoms. The lowest BCUT2D eigenvalue weighted by Gasteiger charge is -2.18. The van der Waals surface area contributed by atoms with Gasteiger partial charge in [0.25, 0.3) is 0 Å². The van der Waals surface area contributed by atoms with E-state index in [0.717, 1.165) is 5.56 Å². The first-order valence-corrected chi connectivity index (χ1v) is 6.71. The summed E-state index contributed by atoms with van der Waals surface area (Å²) < 4.78 is 5.10. The second-order valence-corrected chi connectivity index (χ2v) is 5.00. The summed E-state index contributed by atoms with van der Waals surface area (Å²) in [6.07, 6.45) is -0.0109. The number of benzene rings is 1. The number of hydrogen-bond acceptors (Lipinski definition) is 3. The van der Waals surface area contributed by atoms with Crippen LogP contribution in [-0.4, -0.2) is 25.1 Å². The van der Waals surface area contributed by atoms with Crippen molar-refractivity contribution in [2.75, 3.05) is 7.05 Å². The van der Waals surface area contributed by atoms with Crippen LogP contribution in [0.5, 0.6) is 0 Å². The van der Waals surface area contributed by atoms with Gasteiger partial charge in [0.05, 0.1) is 0 Å². The van der Waals surface area contributed by atoms with Crippen LogP contribution >= 0.6 is 0 Å². The first kappa shape index (κ1) is 16.0. The highest BCUT2D eigenvalue weighted by Gasteiger charge is 2.21. The van der Waals surface area contributed by atoms with Gasteiger partial charge in [0, 0.05) is 7.05 Å². The van der Waals surface area contributed by atoms with E-state index in [4.69, 9.17) is 4.74 Å². The van der Waals surface area contributed by atoms with E-state index in [2.05, 4.69) is 10.6 Å². The third-order valence-electron chi connectivity index (χ3n) is 2.77. The van der Waals surface area contributed by atoms with Crippen molar-refractivity contribution < 1.29 is 14.3 Å². The molecule has 0 saturated carbocycles. The lowest BCUT2D eigenvalue weighted by atomic mass is 10.0. The smallest absolute Gasteiger partial charge is 0.408 e. The third-order valence-corrected chi connectivity index (χ3v) is 2.77. The Morgan fingerprint density at radius 1 is 1.20 bits per heavy atom. The second kappa shape index (κ2) is 8.19. The van der Waals surface area contributed by atoms with Gasteiger partial charge in [-0.05, 0) is 17.9 Å². The third kappa shape index (κ3) is 5.73. The van der Waals surface area contributed by atoms with Gasteiger partial charge in [0.2, 0.25) is 5.91 Å². The minimum Gasteiger partial charge on any atom is -0.445 e. The van der Waals surface area contributed by atoms with Crippen molar-refractivity contribution >= 4 is 12.0 Å². The highest BCUT2D eigenvalue weighted by atomic mass is 16.5. The predicted molar refractivity (Wildman–Crippen MR) is 77.1 cm³/mol. The highest BCUT2D eigenvalue weighted by molar-refractivity contribution is 5.85. The minimum absolute atomic E-state index is 0.189. The summed E-state index contributed by atoms with van der Waals surface area (Å²) in [7, 11) is 1.55. The number of carbonyl (C=O) groups excluding carboxylic acids is 2. The Balaban J connectivity index is 2.47. The molecule has 0 bridgehead atoms. The fraction of sp³-hybridized carbons (Fsp3) is 0.467. The largest absolute Gasteiger partial charge is 0.445 e. The number of amides is 2. The molecule has 0 aliphatic heterocycles. The molecule has 0 heterocycles. The topological polar surface area (TPSA) is 67.4 Å². The average Bonchev–Trinajstić information content (AvgIpc) is 2.44. The van der Waals surface area contributed by atoms with Gasteiger partial charge >= 0.3 is 6.09 Å². The lowest BCUT2D eigenvalue weighted by molar-refractivity contribution is -0.122. The molecule has 20 heavy (non-hydrogen) atoms. The standard InChI is InChI=1S/C15H22N2O3/c1-11(2)9-13(14(18)16-3)17-15(19)20-10-12-7-5-4-6-8-12/h4-8,11,13H,9-10H2,1-3H3,(H,16,18)(H,17,19)/t13-/m1/s1. The Bertz CT molecular complexity index is 432. The number of ether oxygens (including phenoxy) is 1. The Morgan fingerprint density at radius 3 is 2.40 bits per heavy atom. The normalized spacial score (nSPS) is 11.8. The molecule has 0 radical (unpaired) electrons. The first-order valence-electron chi connectivity index (χ1n) is 6.71. The quantitative estimate of drug-likeness (QED) is 0.837. The summed E-state index contributed by atoms with van der Waals surface area (Å²) in [5.41, 5.74) is 0.906. The number of hydrogen-bond donors (Lipinski definition) is 2. The molecule has 5 heteroatoms. The van der Waals surface area contributed by atoms with Crippen LogP contribution in [-0.2, 0) is 16.1 Å². The summed E-state index contributed by atoms with van der Waals surface area (Å²) in [5.74, 6) is 0.0853. The van der Waals surface area contributed by atoms with Crippen molar-refractivity contribution in [2.24, 2.45) is 5.92 Å². The fourth-order valence-corrected chi connectivity index (χ4v) is 1.78. The molecule has 0 fully saturated rings. The zero-order valence-electron chi connectivity index (χ0n) is 12.2. The summed E-state index contributed by atoms with van der Waals surface area (Å²) in [6, 6.07) is 8.83. The van der Waals surface area contributed by atoms with E-state index < -0.39 is 12.1 Å². The fourth-order valence-electron chi connectivity index (χ4n) is 1.78. The molecular formula is C15H22N2O3. The van der Waals surface area contributed by atoms with Gasteiger partial charge < -0.3 is 15.4 Å². The maximum atomic E-state index is 11.7. The number of rotatable bonds is 6. The molecular weight excluding hydrogens is 256 g/mol. The molecule has 0 saturated heterocycles. The van der Waals surface area contributed by atoms with Gasteiger partial charge in [-0.25, -0.2) is 4.79 Å². The summed E-state index contributed by atoms with van der Waals surface area (Å²) in [6.45, 7) is 4.18. The van der Waals surface area contributed by atoms with Gasteiger partial charge in [0.1, 0.15) is 12.6 Å². The van der Waals surface area contributed by atoms with E-state index in [-0.39, 0.29) is 12.5 Å². The van der Waals surface area contributed by atoms with E-state index in [0.29, 0.717) is 12.3 Å². The van der Waals surface area contributed by atoms with E-state index in [9.17, 15) is 9.59 Å². The van der Waals surface area contributed by atoms with Crippen LogP contribution in [0.15, 0.2) is 30.3 Å². The maximum Gasteiger partial charge on any atom is 0.408 e. The summed E-state index contributed by atoms with van der Waals surface area (Å²) in [5, 5.41) is 5.14. The van der Waals surface area contributed by atoms with Crippen molar-refractivity contribution in [3.8, 4) is 0 Å². The summed E-state index contributed by atoms with van der Waals surface area (Å²) in [4.78, 5) is 23.4. The molecule has 0 aliphatic rings. The number of nitrogens with one attached hydrogen (secondary N) is 2. The monoisotopic (exact) mass is 278 g/mol. The molecule has 2 amide bonds. The van der Waals surface area contributed by atoms with Crippen molar-refractivity contribution in [2.45, 2.75) is 32.9 Å². The number of alkyl carbamates (subject to hydrolysis) is 1. The van der Waals surface area contributed by atoms with Crippen molar-refractivity contribution in [3.05, 3.63) is 35.9 Å². The molecule has 5 nitrogen and oxygen atoms in total. The molecule has 0 aliphatic carbocycles. The number of carbonyl (C=O) groups is 2. The van der Waals surface area contributed by atoms with E-state index in [1.165, 1.54) is 0 Å². The van der Waals surface area contributed by atoms with Gasteiger partial charge in [-0.2, -0.15) is 0 Å². The average molecular weight is 278 g/mol. The first-order chi connectivity index (χ1) is 9.52.